The standard InChI is InChI=1S/C19H23N3O/c1-14-5-7-16(8-6-14)21-17-9-10-18(20-12-17)19(23)22-11-3-4-15(2)13-22/h5-10,12,15,21H,3-4,11,13H2,1-2H3. The van der Waals surface area contributed by atoms with Crippen LogP contribution in [0.5, 0.6) is 0 Å². The van der Waals surface area contributed by atoms with Gasteiger partial charge in [0.15, 0.2) is 0 Å². The number of hydrogen-bond donors (Lipinski definition) is 1. The zero-order valence-corrected chi connectivity index (χ0v) is 13.7. The van der Waals surface area contributed by atoms with Crippen LogP contribution in [0.2, 0.25) is 0 Å². The molecular weight excluding hydrogens is 286 g/mol. The summed E-state index contributed by atoms with van der Waals surface area (Å²) in [5.41, 5.74) is 3.65. The van der Waals surface area contributed by atoms with Gasteiger partial charge >= 0.3 is 0 Å². The summed E-state index contributed by atoms with van der Waals surface area (Å²) in [6.45, 7) is 5.94. The van der Waals surface area contributed by atoms with Crippen molar-refractivity contribution < 1.29 is 4.79 Å². The summed E-state index contributed by atoms with van der Waals surface area (Å²) in [7, 11) is 0. The van der Waals surface area contributed by atoms with Crippen LogP contribution < -0.4 is 5.32 Å². The van der Waals surface area contributed by atoms with Crippen LogP contribution in [0.25, 0.3) is 0 Å². The number of anilines is 2. The lowest BCUT2D eigenvalue weighted by Gasteiger charge is -2.30. The van der Waals surface area contributed by atoms with Crippen molar-refractivity contribution in [1.82, 2.24) is 9.88 Å². The largest absolute Gasteiger partial charge is 0.354 e. The fourth-order valence-corrected chi connectivity index (χ4v) is 2.93. The van der Waals surface area contributed by atoms with Crippen molar-refractivity contribution in [2.24, 2.45) is 5.92 Å². The summed E-state index contributed by atoms with van der Waals surface area (Å²) in [4.78, 5) is 18.8. The number of likely N-dealkylation sites (tertiary alicyclic amines) is 1. The molecule has 0 aliphatic carbocycles. The lowest BCUT2D eigenvalue weighted by Crippen LogP contribution is -2.39. The van der Waals surface area contributed by atoms with Crippen molar-refractivity contribution in [2.45, 2.75) is 26.7 Å². The summed E-state index contributed by atoms with van der Waals surface area (Å²) in [5, 5.41) is 3.30. The predicted molar refractivity (Wildman–Crippen MR) is 93.0 cm³/mol. The number of pyridine rings is 1. The minimum atomic E-state index is 0.0402. The quantitative estimate of drug-likeness (QED) is 0.932. The molecule has 0 spiro atoms. The van der Waals surface area contributed by atoms with E-state index in [2.05, 4.69) is 36.3 Å². The number of carbonyl (C=O) groups is 1. The Bertz CT molecular complexity index is 664. The van der Waals surface area contributed by atoms with E-state index in [0.29, 0.717) is 11.6 Å². The Labute approximate surface area is 137 Å². The van der Waals surface area contributed by atoms with Gasteiger partial charge in [0.1, 0.15) is 5.69 Å². The molecule has 1 aliphatic rings. The molecule has 1 aliphatic heterocycles. The van der Waals surface area contributed by atoms with E-state index in [1.807, 2.05) is 23.1 Å². The number of carbonyl (C=O) groups excluding carboxylic acids is 1. The Kier molecular flexibility index (Phi) is 4.60. The van der Waals surface area contributed by atoms with Gasteiger partial charge in [-0.1, -0.05) is 24.6 Å². The molecule has 1 aromatic carbocycles. The molecule has 1 amide bonds. The maximum atomic E-state index is 12.5. The Balaban J connectivity index is 1.66. The number of amides is 1. The van der Waals surface area contributed by atoms with E-state index in [4.69, 9.17) is 0 Å². The second-order valence-electron chi connectivity index (χ2n) is 6.42. The third-order valence-corrected chi connectivity index (χ3v) is 4.27. The molecule has 2 heterocycles. The molecule has 0 bridgehead atoms. The van der Waals surface area contributed by atoms with Gasteiger partial charge in [-0.15, -0.1) is 0 Å². The second kappa shape index (κ2) is 6.82. The number of rotatable bonds is 3. The Hall–Kier alpha value is -2.36. The second-order valence-corrected chi connectivity index (χ2v) is 6.42. The average molecular weight is 309 g/mol. The minimum absolute atomic E-state index is 0.0402. The zero-order valence-electron chi connectivity index (χ0n) is 13.7. The van der Waals surface area contributed by atoms with Gasteiger partial charge in [0, 0.05) is 18.8 Å². The minimum Gasteiger partial charge on any atom is -0.354 e. The lowest BCUT2D eigenvalue weighted by molar-refractivity contribution is 0.0677. The molecule has 1 atom stereocenters. The van der Waals surface area contributed by atoms with E-state index >= 15 is 0 Å². The fraction of sp³-hybridized carbons (Fsp3) is 0.368. The first-order valence-electron chi connectivity index (χ1n) is 8.21. The Morgan fingerprint density at radius 1 is 1.17 bits per heavy atom. The molecule has 4 heteroatoms. The van der Waals surface area contributed by atoms with Crippen LogP contribution in [0.15, 0.2) is 42.6 Å². The molecule has 23 heavy (non-hydrogen) atoms. The van der Waals surface area contributed by atoms with Crippen molar-refractivity contribution in [3.8, 4) is 0 Å². The summed E-state index contributed by atoms with van der Waals surface area (Å²) in [5.74, 6) is 0.619. The fourth-order valence-electron chi connectivity index (χ4n) is 2.93. The van der Waals surface area contributed by atoms with Crippen LogP contribution in [0.3, 0.4) is 0 Å². The number of hydrogen-bond acceptors (Lipinski definition) is 3. The number of nitrogens with zero attached hydrogens (tertiary/aromatic N) is 2. The third kappa shape index (κ3) is 3.89. The molecule has 1 fully saturated rings. The maximum absolute atomic E-state index is 12.5. The highest BCUT2D eigenvalue weighted by Gasteiger charge is 2.22. The average Bonchev–Trinajstić information content (AvgIpc) is 2.57. The number of nitrogens with one attached hydrogen (secondary N) is 1. The van der Waals surface area contributed by atoms with Gasteiger partial charge in [0.05, 0.1) is 11.9 Å². The normalized spacial score (nSPS) is 17.8. The van der Waals surface area contributed by atoms with Gasteiger partial charge in [0.2, 0.25) is 0 Å². The van der Waals surface area contributed by atoms with E-state index in [1.165, 1.54) is 12.0 Å². The smallest absolute Gasteiger partial charge is 0.272 e. The topological polar surface area (TPSA) is 45.2 Å². The highest BCUT2D eigenvalue weighted by atomic mass is 16.2. The molecule has 1 unspecified atom stereocenters. The van der Waals surface area contributed by atoms with Gasteiger partial charge in [-0.2, -0.15) is 0 Å². The Morgan fingerprint density at radius 2 is 1.91 bits per heavy atom. The van der Waals surface area contributed by atoms with E-state index in [1.54, 1.807) is 12.3 Å². The lowest BCUT2D eigenvalue weighted by atomic mass is 10.00. The van der Waals surface area contributed by atoms with Gasteiger partial charge in [-0.05, 0) is 49.9 Å². The molecular formula is C19H23N3O. The summed E-state index contributed by atoms with van der Waals surface area (Å²) in [6.07, 6.45) is 4.01. The number of benzene rings is 1. The number of aromatic nitrogens is 1. The number of aryl methyl sites for hydroxylation is 1. The molecule has 1 saturated heterocycles. The molecule has 4 nitrogen and oxygen atoms in total. The SMILES string of the molecule is Cc1ccc(Nc2ccc(C(=O)N3CCCC(C)C3)nc2)cc1. The van der Waals surface area contributed by atoms with Crippen molar-refractivity contribution in [3.63, 3.8) is 0 Å². The molecule has 0 radical (unpaired) electrons. The third-order valence-electron chi connectivity index (χ3n) is 4.27. The van der Waals surface area contributed by atoms with Crippen molar-refractivity contribution in [2.75, 3.05) is 18.4 Å². The van der Waals surface area contributed by atoms with Gasteiger partial charge in [-0.25, -0.2) is 4.98 Å². The van der Waals surface area contributed by atoms with Gasteiger partial charge in [-0.3, -0.25) is 4.79 Å². The van der Waals surface area contributed by atoms with E-state index in [9.17, 15) is 4.79 Å². The molecule has 2 aromatic rings. The first-order chi connectivity index (χ1) is 11.1. The zero-order chi connectivity index (χ0) is 16.2. The van der Waals surface area contributed by atoms with E-state index < -0.39 is 0 Å². The van der Waals surface area contributed by atoms with E-state index in [-0.39, 0.29) is 5.91 Å². The van der Waals surface area contributed by atoms with Crippen LogP contribution in [-0.2, 0) is 0 Å². The molecule has 0 saturated carbocycles. The molecule has 1 aromatic heterocycles. The van der Waals surface area contributed by atoms with Crippen molar-refractivity contribution >= 4 is 17.3 Å². The monoisotopic (exact) mass is 309 g/mol. The number of piperidine rings is 1. The predicted octanol–water partition coefficient (Wildman–Crippen LogP) is 4.01. The molecule has 120 valence electrons. The Morgan fingerprint density at radius 3 is 2.57 bits per heavy atom. The first-order valence-corrected chi connectivity index (χ1v) is 8.21. The highest BCUT2D eigenvalue weighted by molar-refractivity contribution is 5.92. The van der Waals surface area contributed by atoms with Gasteiger partial charge < -0.3 is 10.2 Å². The summed E-state index contributed by atoms with van der Waals surface area (Å²) in [6, 6.07) is 11.9. The molecule has 1 N–H and O–H groups in total. The molecule has 3 rings (SSSR count). The van der Waals surface area contributed by atoms with Crippen LogP contribution in [0.4, 0.5) is 11.4 Å². The van der Waals surface area contributed by atoms with Crippen LogP contribution in [0.1, 0.15) is 35.8 Å². The first kappa shape index (κ1) is 15.5. The summed E-state index contributed by atoms with van der Waals surface area (Å²) < 4.78 is 0. The van der Waals surface area contributed by atoms with Gasteiger partial charge in [0.25, 0.3) is 5.91 Å². The van der Waals surface area contributed by atoms with Crippen molar-refractivity contribution in [1.29, 1.82) is 0 Å². The van der Waals surface area contributed by atoms with Crippen molar-refractivity contribution in [3.05, 3.63) is 53.9 Å². The highest BCUT2D eigenvalue weighted by Crippen LogP contribution is 2.19. The maximum Gasteiger partial charge on any atom is 0.272 e. The van der Waals surface area contributed by atoms with Crippen LogP contribution in [0, 0.1) is 12.8 Å². The van der Waals surface area contributed by atoms with Crippen LogP contribution >= 0.6 is 0 Å². The summed E-state index contributed by atoms with van der Waals surface area (Å²) >= 11 is 0. The van der Waals surface area contributed by atoms with E-state index in [0.717, 1.165) is 30.9 Å². The van der Waals surface area contributed by atoms with Crippen LogP contribution in [-0.4, -0.2) is 28.9 Å².